The molecule has 2 aromatic rings. The molecule has 1 heterocycles. The number of halogens is 3. The van der Waals surface area contributed by atoms with Gasteiger partial charge in [0.1, 0.15) is 0 Å². The van der Waals surface area contributed by atoms with Crippen molar-refractivity contribution in [3.63, 3.8) is 0 Å². The fraction of sp³-hybridized carbons (Fsp3) is 0.409. The molecular formula is C22H26F3N3O4S. The quantitative estimate of drug-likeness (QED) is 0.673. The standard InChI is InChI=1S/C22H26F3N3O4S/c1-15(2)27(3)33(30,31)18-7-4-16(5-8-18)21(29)26-20-9-6-17(14-19(20)22(23,24)25)28-10-12-32-13-11-28/h4-9,14-15H,10-13H2,1-3H3,(H,26,29). The number of ether oxygens (including phenoxy) is 1. The van der Waals surface area contributed by atoms with Gasteiger partial charge < -0.3 is 15.0 Å². The van der Waals surface area contributed by atoms with Crippen LogP contribution in [0.4, 0.5) is 24.5 Å². The number of benzene rings is 2. The number of amides is 1. The minimum absolute atomic E-state index is 0.0129. The van der Waals surface area contributed by atoms with Gasteiger partial charge in [-0.15, -0.1) is 0 Å². The van der Waals surface area contributed by atoms with Gasteiger partial charge in [0.15, 0.2) is 0 Å². The number of anilines is 2. The Morgan fingerprint density at radius 2 is 1.70 bits per heavy atom. The van der Waals surface area contributed by atoms with Gasteiger partial charge in [0.05, 0.1) is 29.4 Å². The second-order valence-corrected chi connectivity index (χ2v) is 9.92. The predicted octanol–water partition coefficient (Wildman–Crippen LogP) is 3.82. The first-order chi connectivity index (χ1) is 15.4. The number of nitrogens with zero attached hydrogens (tertiary/aromatic N) is 2. The molecule has 1 aliphatic rings. The van der Waals surface area contributed by atoms with Crippen LogP contribution in [0.15, 0.2) is 47.4 Å². The highest BCUT2D eigenvalue weighted by molar-refractivity contribution is 7.89. The zero-order valence-corrected chi connectivity index (χ0v) is 19.3. The smallest absolute Gasteiger partial charge is 0.378 e. The largest absolute Gasteiger partial charge is 0.418 e. The lowest BCUT2D eigenvalue weighted by Gasteiger charge is -2.29. The van der Waals surface area contributed by atoms with Gasteiger partial charge in [-0.3, -0.25) is 4.79 Å². The lowest BCUT2D eigenvalue weighted by Crippen LogP contribution is -2.36. The zero-order chi connectivity index (χ0) is 24.4. The summed E-state index contributed by atoms with van der Waals surface area (Å²) in [5, 5.41) is 2.30. The number of alkyl halides is 3. The van der Waals surface area contributed by atoms with E-state index in [1.165, 1.54) is 47.8 Å². The lowest BCUT2D eigenvalue weighted by molar-refractivity contribution is -0.136. The summed E-state index contributed by atoms with van der Waals surface area (Å²) in [5.41, 5.74) is -0.905. The van der Waals surface area contributed by atoms with E-state index in [1.54, 1.807) is 18.7 Å². The van der Waals surface area contributed by atoms with Crippen molar-refractivity contribution in [1.29, 1.82) is 0 Å². The molecule has 7 nitrogen and oxygen atoms in total. The molecule has 1 saturated heterocycles. The third kappa shape index (κ3) is 5.66. The van der Waals surface area contributed by atoms with Crippen LogP contribution in [-0.2, 0) is 20.9 Å². The summed E-state index contributed by atoms with van der Waals surface area (Å²) in [7, 11) is -2.30. The van der Waals surface area contributed by atoms with Gasteiger partial charge in [-0.1, -0.05) is 0 Å². The highest BCUT2D eigenvalue weighted by Crippen LogP contribution is 2.37. The van der Waals surface area contributed by atoms with Crippen LogP contribution in [0, 0.1) is 0 Å². The summed E-state index contributed by atoms with van der Waals surface area (Å²) in [6, 6.07) is 8.55. The zero-order valence-electron chi connectivity index (χ0n) is 18.5. The fourth-order valence-electron chi connectivity index (χ4n) is 3.31. The van der Waals surface area contributed by atoms with E-state index < -0.39 is 27.7 Å². The molecule has 3 rings (SSSR count). The van der Waals surface area contributed by atoms with E-state index in [9.17, 15) is 26.4 Å². The van der Waals surface area contributed by atoms with Crippen LogP contribution in [0.25, 0.3) is 0 Å². The van der Waals surface area contributed by atoms with Crippen molar-refractivity contribution in [1.82, 2.24) is 4.31 Å². The van der Waals surface area contributed by atoms with Crippen LogP contribution >= 0.6 is 0 Å². The first-order valence-electron chi connectivity index (χ1n) is 10.3. The Kier molecular flexibility index (Phi) is 7.35. The summed E-state index contributed by atoms with van der Waals surface area (Å²) < 4.78 is 72.7. The maximum atomic E-state index is 13.7. The van der Waals surface area contributed by atoms with Crippen molar-refractivity contribution in [2.45, 2.75) is 31.0 Å². The molecule has 0 atom stereocenters. The summed E-state index contributed by atoms with van der Waals surface area (Å²) in [4.78, 5) is 14.4. The minimum Gasteiger partial charge on any atom is -0.378 e. The van der Waals surface area contributed by atoms with E-state index in [1.807, 2.05) is 0 Å². The van der Waals surface area contributed by atoms with Gasteiger partial charge in [0.25, 0.3) is 5.91 Å². The molecule has 1 N–H and O–H groups in total. The summed E-state index contributed by atoms with van der Waals surface area (Å²) in [5.74, 6) is -0.777. The summed E-state index contributed by atoms with van der Waals surface area (Å²) in [6.45, 7) is 5.26. The Morgan fingerprint density at radius 3 is 2.24 bits per heavy atom. The number of hydrogen-bond acceptors (Lipinski definition) is 5. The number of sulfonamides is 1. The molecule has 180 valence electrons. The second kappa shape index (κ2) is 9.70. The van der Waals surface area contributed by atoms with Crippen molar-refractivity contribution in [3.05, 3.63) is 53.6 Å². The molecule has 0 spiro atoms. The average Bonchev–Trinajstić information content (AvgIpc) is 2.78. The van der Waals surface area contributed by atoms with Gasteiger partial charge in [0, 0.05) is 37.4 Å². The number of carbonyl (C=O) groups excluding carboxylic acids is 1. The Morgan fingerprint density at radius 1 is 1.09 bits per heavy atom. The molecule has 0 radical (unpaired) electrons. The van der Waals surface area contributed by atoms with Gasteiger partial charge in [-0.05, 0) is 56.3 Å². The Labute approximate surface area is 191 Å². The molecule has 2 aromatic carbocycles. The Hall–Kier alpha value is -2.63. The van der Waals surface area contributed by atoms with Crippen LogP contribution in [0.3, 0.4) is 0 Å². The van der Waals surface area contributed by atoms with Crippen molar-refractivity contribution in [2.75, 3.05) is 43.6 Å². The topological polar surface area (TPSA) is 79.0 Å². The van der Waals surface area contributed by atoms with Gasteiger partial charge in [-0.2, -0.15) is 17.5 Å². The highest BCUT2D eigenvalue weighted by atomic mass is 32.2. The first kappa shape index (κ1) is 25.0. The number of morpholine rings is 1. The minimum atomic E-state index is -4.68. The van der Waals surface area contributed by atoms with E-state index in [-0.39, 0.29) is 22.2 Å². The van der Waals surface area contributed by atoms with Crippen LogP contribution in [0.5, 0.6) is 0 Å². The number of rotatable bonds is 6. The maximum absolute atomic E-state index is 13.7. The third-order valence-electron chi connectivity index (χ3n) is 5.45. The van der Waals surface area contributed by atoms with Crippen molar-refractivity contribution >= 4 is 27.3 Å². The molecular weight excluding hydrogens is 459 g/mol. The van der Waals surface area contributed by atoms with E-state index in [4.69, 9.17) is 4.74 Å². The van der Waals surface area contributed by atoms with Gasteiger partial charge >= 0.3 is 6.18 Å². The predicted molar refractivity (Wildman–Crippen MR) is 119 cm³/mol. The van der Waals surface area contributed by atoms with E-state index in [0.717, 1.165) is 6.07 Å². The van der Waals surface area contributed by atoms with Crippen molar-refractivity contribution in [2.24, 2.45) is 0 Å². The fourth-order valence-corrected chi connectivity index (χ4v) is 4.68. The third-order valence-corrected chi connectivity index (χ3v) is 7.50. The lowest BCUT2D eigenvalue weighted by atomic mass is 10.1. The van der Waals surface area contributed by atoms with E-state index in [2.05, 4.69) is 5.32 Å². The van der Waals surface area contributed by atoms with Gasteiger partial charge in [-0.25, -0.2) is 8.42 Å². The molecule has 0 aliphatic carbocycles. The monoisotopic (exact) mass is 485 g/mol. The average molecular weight is 486 g/mol. The molecule has 11 heteroatoms. The molecule has 1 amide bonds. The van der Waals surface area contributed by atoms with Crippen LogP contribution < -0.4 is 10.2 Å². The Balaban J connectivity index is 1.83. The van der Waals surface area contributed by atoms with Crippen molar-refractivity contribution in [3.8, 4) is 0 Å². The summed E-state index contributed by atoms with van der Waals surface area (Å²) >= 11 is 0. The van der Waals surface area contributed by atoms with Gasteiger partial charge in [0.2, 0.25) is 10.0 Å². The molecule has 0 unspecified atom stereocenters. The molecule has 1 fully saturated rings. The molecule has 0 bridgehead atoms. The second-order valence-electron chi connectivity index (χ2n) is 7.92. The SMILES string of the molecule is CC(C)N(C)S(=O)(=O)c1ccc(C(=O)Nc2ccc(N3CCOCC3)cc2C(F)(F)F)cc1. The number of nitrogens with one attached hydrogen (secondary N) is 1. The molecule has 0 saturated carbocycles. The Bertz CT molecular complexity index is 1100. The van der Waals surface area contributed by atoms with Crippen LogP contribution in [0.1, 0.15) is 29.8 Å². The van der Waals surface area contributed by atoms with E-state index in [0.29, 0.717) is 32.0 Å². The normalized spacial score (nSPS) is 15.2. The van der Waals surface area contributed by atoms with Crippen LogP contribution in [-0.4, -0.2) is 58.0 Å². The first-order valence-corrected chi connectivity index (χ1v) is 11.8. The van der Waals surface area contributed by atoms with Crippen LogP contribution in [0.2, 0.25) is 0 Å². The number of hydrogen-bond donors (Lipinski definition) is 1. The highest BCUT2D eigenvalue weighted by Gasteiger charge is 2.35. The molecule has 1 aliphatic heterocycles. The number of carbonyl (C=O) groups is 1. The summed E-state index contributed by atoms with van der Waals surface area (Å²) in [6.07, 6.45) is -4.68. The molecule has 33 heavy (non-hydrogen) atoms. The van der Waals surface area contributed by atoms with E-state index >= 15 is 0 Å². The maximum Gasteiger partial charge on any atom is 0.418 e. The molecule has 0 aromatic heterocycles. The van der Waals surface area contributed by atoms with Crippen molar-refractivity contribution < 1.29 is 31.1 Å².